The van der Waals surface area contributed by atoms with Crippen LogP contribution >= 0.6 is 0 Å². The van der Waals surface area contributed by atoms with Crippen LogP contribution in [0.2, 0.25) is 0 Å². The molecule has 1 heterocycles. The zero-order valence-corrected chi connectivity index (χ0v) is 49.8. The van der Waals surface area contributed by atoms with Crippen LogP contribution in [0, 0.1) is 46.3 Å². The first kappa shape index (κ1) is 75.0. The number of aliphatic hydroxyl groups is 5. The molecule has 75 heavy (non-hydrogen) atoms. The fourth-order valence-electron chi connectivity index (χ4n) is 4.99. The molecule has 6 atom stereocenters. The van der Waals surface area contributed by atoms with Crippen LogP contribution in [0.3, 0.4) is 0 Å². The largest absolute Gasteiger partial charge is 1.00 e. The summed E-state index contributed by atoms with van der Waals surface area (Å²) < 4.78 is 21.3. The fraction of sp³-hybridized carbons (Fsp3) is 0.517. The number of aromatic hydroxyl groups is 1. The van der Waals surface area contributed by atoms with E-state index in [1.807, 2.05) is 65.8 Å². The minimum Gasteiger partial charge on any atom is -0.850 e. The summed E-state index contributed by atoms with van der Waals surface area (Å²) in [6.45, 7) is 24.4. The number of ether oxygens (including phenoxy) is 4. The van der Waals surface area contributed by atoms with Gasteiger partial charge >= 0.3 is 51.4 Å². The number of nitriles is 2. The summed E-state index contributed by atoms with van der Waals surface area (Å²) in [4.78, 5) is 20.5. The van der Waals surface area contributed by atoms with Crippen molar-refractivity contribution in [3.63, 3.8) is 0 Å². The van der Waals surface area contributed by atoms with E-state index in [2.05, 4.69) is 13.8 Å². The molecule has 16 nitrogen and oxygen atoms in total. The number of aliphatic hydroxyl groups excluding tert-OH is 5. The maximum Gasteiger partial charge on any atom is 1.00 e. The van der Waals surface area contributed by atoms with Gasteiger partial charge in [-0.15, -0.1) is 5.60 Å². The van der Waals surface area contributed by atoms with Gasteiger partial charge < -0.3 is 60.4 Å². The maximum atomic E-state index is 10.5. The first-order valence-corrected chi connectivity index (χ1v) is 24.7. The Balaban J connectivity index is -0.000000857. The van der Waals surface area contributed by atoms with Crippen LogP contribution in [0.25, 0.3) is 0 Å². The van der Waals surface area contributed by atoms with E-state index in [1.165, 1.54) is 19.1 Å². The van der Waals surface area contributed by atoms with Crippen molar-refractivity contribution < 1.29 is 116 Å². The maximum absolute atomic E-state index is 10.5. The summed E-state index contributed by atoms with van der Waals surface area (Å²) in [7, 11) is 0. The number of carbonyl (C=O) groups is 2. The van der Waals surface area contributed by atoms with Gasteiger partial charge in [-0.25, -0.2) is 0 Å². The molecule has 1 aliphatic heterocycles. The molecule has 4 aromatic carbocycles. The molecule has 412 valence electrons. The standard InChI is InChI=1S/C14H23NO3.C14H19NO3.C12H16O3.C7H6O2.C5H10O.C4H9O.C2H3N.K/c2*1-10(2)14(17)9-18-12-5-3-4-11(8-12)13(16)6-7-15;1-9(2)12(14)8-15-11-5-3-4-10(6-11)7-13;8-5-6-2-1-3-7(9)4-6;1-4(2)5-3-6-5;1-4(2,3)5;1-2-3;/h3-5,8,10,13-14,16-17H,6-7,9,15H2,1-2H3;3-5,8,10,13-14,16-17H,6,9H2,1-2H3;3-7,9,12,14H,8H2,1-2H3;1-5,9H;4-5H,3H2,1-2H3;1-3H3;1H3;/q;;;;;-1;;+1. The predicted octanol–water partition coefficient (Wildman–Crippen LogP) is 5.31. The van der Waals surface area contributed by atoms with Crippen LogP contribution in [0.5, 0.6) is 23.0 Å². The van der Waals surface area contributed by atoms with Gasteiger partial charge in [0.2, 0.25) is 0 Å². The number of nitrogens with zero attached hydrogens (tertiary/aromatic N) is 2. The van der Waals surface area contributed by atoms with E-state index in [0.29, 0.717) is 59.3 Å². The van der Waals surface area contributed by atoms with Gasteiger partial charge in [-0.2, -0.15) is 10.5 Å². The second kappa shape index (κ2) is 43.8. The van der Waals surface area contributed by atoms with Gasteiger partial charge in [0, 0.05) is 18.1 Å². The number of phenolic OH excluding ortho intramolecular Hbond substituents is 1. The predicted molar refractivity (Wildman–Crippen MR) is 287 cm³/mol. The molecule has 0 bridgehead atoms. The van der Waals surface area contributed by atoms with Crippen LogP contribution in [0.1, 0.15) is 140 Å². The van der Waals surface area contributed by atoms with E-state index in [9.17, 15) is 40.2 Å². The Morgan fingerprint density at radius 1 is 0.667 bits per heavy atom. The summed E-state index contributed by atoms with van der Waals surface area (Å²) >= 11 is 0. The molecule has 5 rings (SSSR count). The fourth-order valence-corrected chi connectivity index (χ4v) is 4.99. The Kier molecular flexibility index (Phi) is 43.8. The number of aldehydes is 2. The summed E-state index contributed by atoms with van der Waals surface area (Å²) in [5.41, 5.74) is 7.17. The number of nitrogens with two attached hydrogens (primary N) is 1. The van der Waals surface area contributed by atoms with E-state index in [1.54, 1.807) is 93.6 Å². The third-order valence-corrected chi connectivity index (χ3v) is 9.88. The number of hydrogen-bond acceptors (Lipinski definition) is 16. The van der Waals surface area contributed by atoms with E-state index in [0.717, 1.165) is 24.4 Å². The van der Waals surface area contributed by atoms with Gasteiger partial charge in [-0.3, -0.25) is 9.59 Å². The van der Waals surface area contributed by atoms with Crippen LogP contribution in [-0.2, 0) is 4.74 Å². The van der Waals surface area contributed by atoms with Crippen molar-refractivity contribution in [2.24, 2.45) is 29.4 Å². The van der Waals surface area contributed by atoms with Gasteiger partial charge in [-0.05, 0) is 96.3 Å². The Morgan fingerprint density at radius 2 is 1.01 bits per heavy atom. The molecule has 0 saturated carbocycles. The minimum absolute atomic E-state index is 0. The van der Waals surface area contributed by atoms with Gasteiger partial charge in [0.05, 0.1) is 61.8 Å². The number of benzene rings is 4. The number of carbonyl (C=O) groups excluding carboxylic acids is 2. The smallest absolute Gasteiger partial charge is 0.850 e. The molecule has 0 aliphatic carbocycles. The van der Waals surface area contributed by atoms with E-state index < -0.39 is 36.1 Å². The summed E-state index contributed by atoms with van der Waals surface area (Å²) in [6, 6.07) is 30.9. The minimum atomic E-state index is -0.798. The Bertz CT molecular complexity index is 2160. The molecule has 8 N–H and O–H groups in total. The molecule has 1 aliphatic rings. The van der Waals surface area contributed by atoms with Crippen molar-refractivity contribution in [2.45, 2.75) is 138 Å². The average molecular weight is 1070 g/mol. The topological polar surface area (TPSA) is 292 Å². The molecule has 4 aromatic rings. The van der Waals surface area contributed by atoms with E-state index in [-0.39, 0.29) is 101 Å². The van der Waals surface area contributed by atoms with Crippen LogP contribution in [0.15, 0.2) is 97.1 Å². The molecule has 0 radical (unpaired) electrons. The zero-order chi connectivity index (χ0) is 56.8. The SMILES string of the molecule is CC#N.CC(C)(C)[O-].CC(C)C(O)COc1cccc(C(O)CC#N)c1.CC(C)C(O)COc1cccc(C(O)CCN)c1.CC(C)C(O)COc1cccc(C=O)c1.CC(C)C1CO1.O=Cc1cccc(O)c1.[K+]. The second-order valence-corrected chi connectivity index (χ2v) is 19.3. The molecule has 6 unspecified atom stereocenters. The van der Waals surface area contributed by atoms with Crippen molar-refractivity contribution in [1.82, 2.24) is 0 Å². The van der Waals surface area contributed by atoms with E-state index in [4.69, 9.17) is 40.3 Å². The van der Waals surface area contributed by atoms with Gasteiger partial charge in [0.15, 0.2) is 0 Å². The normalized spacial score (nSPS) is 13.9. The summed E-state index contributed by atoms with van der Waals surface area (Å²) in [5, 5.41) is 83.1. The molecule has 0 amide bonds. The first-order valence-electron chi connectivity index (χ1n) is 24.7. The summed E-state index contributed by atoms with van der Waals surface area (Å²) in [5.74, 6) is 3.18. The quantitative estimate of drug-likeness (QED) is 0.0335. The van der Waals surface area contributed by atoms with Crippen molar-refractivity contribution >= 4 is 12.6 Å². The van der Waals surface area contributed by atoms with Crippen LogP contribution < -0.4 is 76.4 Å². The number of hydrogen-bond donors (Lipinski definition) is 7. The summed E-state index contributed by atoms with van der Waals surface area (Å²) in [6.07, 6.45) is -0.195. The van der Waals surface area contributed by atoms with Crippen LogP contribution in [0.4, 0.5) is 0 Å². The Morgan fingerprint density at radius 3 is 1.31 bits per heavy atom. The number of phenols is 1. The van der Waals surface area contributed by atoms with Crippen molar-refractivity contribution in [3.8, 4) is 35.1 Å². The zero-order valence-electron chi connectivity index (χ0n) is 46.6. The molecule has 1 saturated heterocycles. The Labute approximate surface area is 489 Å². The van der Waals surface area contributed by atoms with Gasteiger partial charge in [0.1, 0.15) is 55.4 Å². The number of rotatable bonds is 20. The number of epoxide rings is 1. The molecular formula is C58H86KN3O13. The third kappa shape index (κ3) is 41.5. The first-order chi connectivity index (χ1) is 34.8. The molecule has 0 spiro atoms. The van der Waals surface area contributed by atoms with Crippen molar-refractivity contribution in [2.75, 3.05) is 33.0 Å². The van der Waals surface area contributed by atoms with Crippen LogP contribution in [-0.4, -0.2) is 106 Å². The van der Waals surface area contributed by atoms with Crippen molar-refractivity contribution in [3.05, 3.63) is 119 Å². The average Bonchev–Trinajstić information content (AvgIpc) is 4.22. The molecule has 0 aromatic heterocycles. The monoisotopic (exact) mass is 1070 g/mol. The second-order valence-electron chi connectivity index (χ2n) is 19.3. The van der Waals surface area contributed by atoms with E-state index >= 15 is 0 Å². The molecular weight excluding hydrogens is 986 g/mol. The van der Waals surface area contributed by atoms with Gasteiger partial charge in [0.25, 0.3) is 0 Å². The van der Waals surface area contributed by atoms with Gasteiger partial charge in [-0.1, -0.05) is 125 Å². The Hall–Kier alpha value is -4.28. The molecule has 17 heteroatoms. The molecule has 1 fully saturated rings. The van der Waals surface area contributed by atoms with Crippen molar-refractivity contribution in [1.29, 1.82) is 10.5 Å². The third-order valence-electron chi connectivity index (χ3n) is 9.88.